The van der Waals surface area contributed by atoms with Gasteiger partial charge < -0.3 is 9.67 Å². The Balaban J connectivity index is 2.21. The van der Waals surface area contributed by atoms with Crippen molar-refractivity contribution >= 4 is 0 Å². The highest BCUT2D eigenvalue weighted by Gasteiger charge is 2.03. The normalized spacial score (nSPS) is 10.5. The lowest BCUT2D eigenvalue weighted by Crippen LogP contribution is -2.01. The fraction of sp³-hybridized carbons (Fsp3) is 0.250. The van der Waals surface area contributed by atoms with Gasteiger partial charge in [-0.15, -0.1) is 0 Å². The highest BCUT2D eigenvalue weighted by Crippen LogP contribution is 2.11. The molecule has 0 unspecified atom stereocenters. The van der Waals surface area contributed by atoms with E-state index >= 15 is 0 Å². The van der Waals surface area contributed by atoms with Gasteiger partial charge in [-0.1, -0.05) is 0 Å². The number of aliphatic hydroxyl groups excluding tert-OH is 1. The zero-order valence-electron chi connectivity index (χ0n) is 8.72. The van der Waals surface area contributed by atoms with Crippen LogP contribution in [0, 0.1) is 6.92 Å². The summed E-state index contributed by atoms with van der Waals surface area (Å²) in [7, 11) is 0. The molecule has 2 aromatic heterocycles. The van der Waals surface area contributed by atoms with E-state index in [9.17, 15) is 0 Å². The molecule has 3 heteroatoms. The van der Waals surface area contributed by atoms with Crippen LogP contribution in [0.25, 0.3) is 0 Å². The quantitative estimate of drug-likeness (QED) is 0.823. The van der Waals surface area contributed by atoms with E-state index in [0.717, 1.165) is 17.8 Å². The molecule has 0 aliphatic carbocycles. The van der Waals surface area contributed by atoms with Crippen LogP contribution in [0.3, 0.4) is 0 Å². The SMILES string of the molecule is Cc1c(CO)ccn1Cc1ccncc1. The lowest BCUT2D eigenvalue weighted by molar-refractivity contribution is 0.281. The first-order valence-electron chi connectivity index (χ1n) is 4.95. The van der Waals surface area contributed by atoms with Gasteiger partial charge >= 0.3 is 0 Å². The summed E-state index contributed by atoms with van der Waals surface area (Å²) in [6.45, 7) is 2.95. The number of hydrogen-bond donors (Lipinski definition) is 1. The Morgan fingerprint density at radius 1 is 1.27 bits per heavy atom. The van der Waals surface area contributed by atoms with Crippen LogP contribution in [-0.2, 0) is 13.2 Å². The Morgan fingerprint density at radius 3 is 2.60 bits per heavy atom. The second-order valence-corrected chi connectivity index (χ2v) is 3.57. The standard InChI is InChI=1S/C12H14N2O/c1-10-12(9-15)4-7-14(10)8-11-2-5-13-6-3-11/h2-7,15H,8-9H2,1H3. The van der Waals surface area contributed by atoms with Crippen molar-refractivity contribution in [2.24, 2.45) is 0 Å². The van der Waals surface area contributed by atoms with Crippen molar-refractivity contribution < 1.29 is 5.11 Å². The van der Waals surface area contributed by atoms with Crippen molar-refractivity contribution in [1.82, 2.24) is 9.55 Å². The van der Waals surface area contributed by atoms with Crippen molar-refractivity contribution in [2.75, 3.05) is 0 Å². The summed E-state index contributed by atoms with van der Waals surface area (Å²) in [6, 6.07) is 5.95. The fourth-order valence-corrected chi connectivity index (χ4v) is 1.62. The van der Waals surface area contributed by atoms with Gasteiger partial charge in [0.15, 0.2) is 0 Å². The minimum absolute atomic E-state index is 0.106. The van der Waals surface area contributed by atoms with Crippen molar-refractivity contribution in [2.45, 2.75) is 20.1 Å². The maximum Gasteiger partial charge on any atom is 0.0699 e. The summed E-state index contributed by atoms with van der Waals surface area (Å²) in [5.41, 5.74) is 3.33. The van der Waals surface area contributed by atoms with Crippen LogP contribution in [0.15, 0.2) is 36.8 Å². The molecule has 0 aliphatic heterocycles. The van der Waals surface area contributed by atoms with Crippen LogP contribution in [0.4, 0.5) is 0 Å². The zero-order chi connectivity index (χ0) is 10.7. The van der Waals surface area contributed by atoms with Crippen LogP contribution >= 0.6 is 0 Å². The summed E-state index contributed by atoms with van der Waals surface area (Å²) in [5, 5.41) is 9.07. The molecule has 1 N–H and O–H groups in total. The van der Waals surface area contributed by atoms with E-state index in [4.69, 9.17) is 5.11 Å². The lowest BCUT2D eigenvalue weighted by Gasteiger charge is -2.06. The number of nitrogens with zero attached hydrogens (tertiary/aromatic N) is 2. The molecule has 0 aromatic carbocycles. The van der Waals surface area contributed by atoms with Gasteiger partial charge in [-0.2, -0.15) is 0 Å². The smallest absolute Gasteiger partial charge is 0.0699 e. The molecule has 0 bridgehead atoms. The van der Waals surface area contributed by atoms with Crippen LogP contribution in [-0.4, -0.2) is 14.7 Å². The predicted molar refractivity (Wildman–Crippen MR) is 58.4 cm³/mol. The van der Waals surface area contributed by atoms with Crippen molar-refractivity contribution in [3.05, 3.63) is 53.6 Å². The Morgan fingerprint density at radius 2 is 2.00 bits per heavy atom. The molecule has 2 aromatic rings. The maximum atomic E-state index is 9.07. The zero-order valence-corrected chi connectivity index (χ0v) is 8.72. The van der Waals surface area contributed by atoms with E-state index in [0.29, 0.717) is 0 Å². The van der Waals surface area contributed by atoms with E-state index < -0.39 is 0 Å². The number of aromatic nitrogens is 2. The second kappa shape index (κ2) is 4.28. The molecule has 0 amide bonds. The van der Waals surface area contributed by atoms with Crippen molar-refractivity contribution in [1.29, 1.82) is 0 Å². The number of rotatable bonds is 3. The van der Waals surface area contributed by atoms with Gasteiger partial charge in [-0.3, -0.25) is 4.98 Å². The molecule has 2 rings (SSSR count). The average Bonchev–Trinajstić information content (AvgIpc) is 2.62. The average molecular weight is 202 g/mol. The van der Waals surface area contributed by atoms with Gasteiger partial charge in [-0.25, -0.2) is 0 Å². The first-order chi connectivity index (χ1) is 7.31. The Kier molecular flexibility index (Phi) is 2.83. The first-order valence-corrected chi connectivity index (χ1v) is 4.95. The van der Waals surface area contributed by atoms with Crippen LogP contribution in [0.1, 0.15) is 16.8 Å². The minimum Gasteiger partial charge on any atom is -0.392 e. The molecule has 0 aliphatic rings. The van der Waals surface area contributed by atoms with E-state index in [1.54, 1.807) is 12.4 Å². The van der Waals surface area contributed by atoms with Crippen LogP contribution in [0.2, 0.25) is 0 Å². The summed E-state index contributed by atoms with van der Waals surface area (Å²) in [4.78, 5) is 3.98. The Bertz CT molecular complexity index is 434. The fourth-order valence-electron chi connectivity index (χ4n) is 1.62. The lowest BCUT2D eigenvalue weighted by atomic mass is 10.2. The molecule has 0 saturated carbocycles. The molecule has 2 heterocycles. The molecule has 15 heavy (non-hydrogen) atoms. The second-order valence-electron chi connectivity index (χ2n) is 3.57. The third-order valence-corrected chi connectivity index (χ3v) is 2.62. The topological polar surface area (TPSA) is 38.0 Å². The highest BCUT2D eigenvalue weighted by molar-refractivity contribution is 5.22. The largest absolute Gasteiger partial charge is 0.392 e. The Hall–Kier alpha value is -1.61. The minimum atomic E-state index is 0.106. The summed E-state index contributed by atoms with van der Waals surface area (Å²) in [6.07, 6.45) is 5.59. The molecule has 0 atom stereocenters. The third kappa shape index (κ3) is 2.07. The number of aliphatic hydroxyl groups is 1. The third-order valence-electron chi connectivity index (χ3n) is 2.62. The van der Waals surface area contributed by atoms with E-state index in [1.165, 1.54) is 5.56 Å². The van der Waals surface area contributed by atoms with E-state index in [-0.39, 0.29) is 6.61 Å². The molecular formula is C12H14N2O. The monoisotopic (exact) mass is 202 g/mol. The number of hydrogen-bond acceptors (Lipinski definition) is 2. The Labute approximate surface area is 89.0 Å². The van der Waals surface area contributed by atoms with Crippen molar-refractivity contribution in [3.63, 3.8) is 0 Å². The van der Waals surface area contributed by atoms with Gasteiger partial charge in [0, 0.05) is 30.8 Å². The molecule has 0 radical (unpaired) electrons. The van der Waals surface area contributed by atoms with Gasteiger partial charge in [0.1, 0.15) is 0 Å². The van der Waals surface area contributed by atoms with Gasteiger partial charge in [0.25, 0.3) is 0 Å². The van der Waals surface area contributed by atoms with Gasteiger partial charge in [-0.05, 0) is 36.2 Å². The summed E-state index contributed by atoms with van der Waals surface area (Å²) < 4.78 is 2.13. The summed E-state index contributed by atoms with van der Waals surface area (Å²) in [5.74, 6) is 0. The van der Waals surface area contributed by atoms with Crippen LogP contribution < -0.4 is 0 Å². The molecule has 0 spiro atoms. The van der Waals surface area contributed by atoms with E-state index in [1.807, 2.05) is 31.3 Å². The number of pyridine rings is 1. The van der Waals surface area contributed by atoms with E-state index in [2.05, 4.69) is 9.55 Å². The first kappa shape index (κ1) is 9.93. The van der Waals surface area contributed by atoms with Crippen LogP contribution in [0.5, 0.6) is 0 Å². The molecular weight excluding hydrogens is 188 g/mol. The molecule has 3 nitrogen and oxygen atoms in total. The maximum absolute atomic E-state index is 9.07. The van der Waals surface area contributed by atoms with Crippen molar-refractivity contribution in [3.8, 4) is 0 Å². The molecule has 78 valence electrons. The van der Waals surface area contributed by atoms with Gasteiger partial charge in [0.05, 0.1) is 6.61 Å². The van der Waals surface area contributed by atoms with Gasteiger partial charge in [0.2, 0.25) is 0 Å². The molecule has 0 fully saturated rings. The summed E-state index contributed by atoms with van der Waals surface area (Å²) >= 11 is 0. The predicted octanol–water partition coefficient (Wildman–Crippen LogP) is 1.73. The highest BCUT2D eigenvalue weighted by atomic mass is 16.3. The molecule has 0 saturated heterocycles.